The van der Waals surface area contributed by atoms with Crippen molar-refractivity contribution in [3.05, 3.63) is 83.4 Å². The third kappa shape index (κ3) is 5.48. The van der Waals surface area contributed by atoms with Crippen LogP contribution in [-0.2, 0) is 17.1 Å². The van der Waals surface area contributed by atoms with Gasteiger partial charge in [-0.05, 0) is 24.6 Å². The number of Topliss-reactive ketones (excluding diaryl/α,β-unsaturated/α-hetero) is 1. The summed E-state index contributed by atoms with van der Waals surface area (Å²) in [6, 6.07) is 19.8. The molecule has 0 aliphatic heterocycles. The maximum atomic E-state index is 11.8. The standard InChI is InChI=1S/C15H11O3.C5H5.Fe/c1-10-8-15(18)12(9-14(10)17)13(16)7-6-11-4-2-3-5-11;1-2-4-5-3-1;/h2-5,8-9,17-18H,1H3;1-5H;/q2*-1;+2. The van der Waals surface area contributed by atoms with Crippen LogP contribution >= 0.6 is 0 Å². The Labute approximate surface area is 151 Å². The van der Waals surface area contributed by atoms with Crippen molar-refractivity contribution in [1.82, 2.24) is 0 Å². The van der Waals surface area contributed by atoms with Crippen LogP contribution in [0.25, 0.3) is 0 Å². The largest absolute Gasteiger partial charge is 2.00 e. The third-order valence-corrected chi connectivity index (χ3v) is 3.10. The molecular formula is C20H16FeO3. The number of phenolic OH excluding ortho intramolecular Hbond substituents is 2. The average Bonchev–Trinajstić information content (AvgIpc) is 3.24. The first-order valence-corrected chi connectivity index (χ1v) is 7.05. The van der Waals surface area contributed by atoms with Gasteiger partial charge in [-0.15, -0.1) is 11.6 Å². The molecule has 0 aromatic heterocycles. The molecule has 0 unspecified atom stereocenters. The minimum atomic E-state index is -0.524. The van der Waals surface area contributed by atoms with E-state index in [2.05, 4.69) is 11.8 Å². The molecule has 0 saturated carbocycles. The predicted octanol–water partition coefficient (Wildman–Crippen LogP) is 3.76. The summed E-state index contributed by atoms with van der Waals surface area (Å²) in [6.45, 7) is 1.64. The van der Waals surface area contributed by atoms with Gasteiger partial charge in [0, 0.05) is 0 Å². The van der Waals surface area contributed by atoms with Gasteiger partial charge in [0.25, 0.3) is 0 Å². The molecule has 4 heteroatoms. The van der Waals surface area contributed by atoms with Crippen molar-refractivity contribution >= 4 is 5.78 Å². The Kier molecular flexibility index (Phi) is 7.58. The second-order valence-electron chi connectivity index (χ2n) is 4.87. The summed E-state index contributed by atoms with van der Waals surface area (Å²) in [7, 11) is 0. The van der Waals surface area contributed by atoms with Crippen LogP contribution < -0.4 is 0 Å². The quantitative estimate of drug-likeness (QED) is 0.228. The van der Waals surface area contributed by atoms with Crippen molar-refractivity contribution < 1.29 is 32.1 Å². The van der Waals surface area contributed by atoms with E-state index in [0.29, 0.717) is 5.56 Å². The van der Waals surface area contributed by atoms with Crippen LogP contribution in [0.3, 0.4) is 0 Å². The first kappa shape index (κ1) is 19.3. The Bertz CT molecular complexity index is 803. The molecule has 0 aliphatic rings. The zero-order chi connectivity index (χ0) is 16.7. The number of hydrogen-bond donors (Lipinski definition) is 2. The first-order valence-electron chi connectivity index (χ1n) is 7.05. The van der Waals surface area contributed by atoms with E-state index in [4.69, 9.17) is 0 Å². The summed E-state index contributed by atoms with van der Waals surface area (Å²) in [4.78, 5) is 11.8. The number of ketones is 1. The van der Waals surface area contributed by atoms with Crippen molar-refractivity contribution in [2.75, 3.05) is 0 Å². The molecule has 2 N–H and O–H groups in total. The molecule has 0 radical (unpaired) electrons. The SMILES string of the molecule is Cc1cc(O)c(C(=O)C#Cc2ccc[cH-]2)cc1O.[Fe+2].c1cc[cH-]c1. The van der Waals surface area contributed by atoms with Gasteiger partial charge < -0.3 is 10.2 Å². The van der Waals surface area contributed by atoms with Crippen LogP contribution in [0.4, 0.5) is 0 Å². The predicted molar refractivity (Wildman–Crippen MR) is 89.8 cm³/mol. The van der Waals surface area contributed by atoms with Crippen LogP contribution in [0.15, 0.2) is 66.7 Å². The second-order valence-corrected chi connectivity index (χ2v) is 4.87. The molecule has 0 atom stereocenters. The monoisotopic (exact) mass is 360 g/mol. The number of rotatable bonds is 1. The summed E-state index contributed by atoms with van der Waals surface area (Å²) in [5, 5.41) is 19.2. The van der Waals surface area contributed by atoms with E-state index in [1.54, 1.807) is 19.1 Å². The Morgan fingerprint density at radius 1 is 1.04 bits per heavy atom. The molecule has 0 saturated heterocycles. The van der Waals surface area contributed by atoms with Crippen molar-refractivity contribution in [3.63, 3.8) is 0 Å². The van der Waals surface area contributed by atoms with Crippen LogP contribution in [-0.4, -0.2) is 16.0 Å². The van der Waals surface area contributed by atoms with Gasteiger partial charge in [-0.2, -0.15) is 42.3 Å². The van der Waals surface area contributed by atoms with Crippen LogP contribution in [0, 0.1) is 18.8 Å². The van der Waals surface area contributed by atoms with Gasteiger partial charge in [0.1, 0.15) is 11.5 Å². The van der Waals surface area contributed by atoms with Gasteiger partial charge in [-0.3, -0.25) is 4.79 Å². The average molecular weight is 360 g/mol. The van der Waals surface area contributed by atoms with Crippen molar-refractivity contribution in [2.45, 2.75) is 6.92 Å². The first-order chi connectivity index (χ1) is 11.1. The minimum absolute atomic E-state index is 0. The van der Waals surface area contributed by atoms with Crippen molar-refractivity contribution in [3.8, 4) is 23.3 Å². The number of carbonyl (C=O) groups is 1. The van der Waals surface area contributed by atoms with E-state index >= 15 is 0 Å². The van der Waals surface area contributed by atoms with Crippen molar-refractivity contribution in [1.29, 1.82) is 0 Å². The number of phenols is 2. The maximum absolute atomic E-state index is 11.8. The number of aromatic hydroxyl groups is 2. The van der Waals surface area contributed by atoms with E-state index in [0.717, 1.165) is 5.56 Å². The molecule has 3 rings (SSSR count). The Morgan fingerprint density at radius 3 is 2.29 bits per heavy atom. The van der Waals surface area contributed by atoms with Gasteiger partial charge in [-0.1, -0.05) is 5.92 Å². The van der Waals surface area contributed by atoms with E-state index < -0.39 is 5.78 Å². The molecular weight excluding hydrogens is 344 g/mol. The smallest absolute Gasteiger partial charge is 0.508 e. The fourth-order valence-corrected chi connectivity index (χ4v) is 1.84. The Morgan fingerprint density at radius 2 is 1.75 bits per heavy atom. The minimum Gasteiger partial charge on any atom is -0.508 e. The second kappa shape index (κ2) is 9.42. The molecule has 0 aliphatic carbocycles. The number of hydrogen-bond acceptors (Lipinski definition) is 3. The molecule has 122 valence electrons. The molecule has 0 spiro atoms. The summed E-state index contributed by atoms with van der Waals surface area (Å²) < 4.78 is 0. The summed E-state index contributed by atoms with van der Waals surface area (Å²) in [6.07, 6.45) is 0. The zero-order valence-electron chi connectivity index (χ0n) is 13.0. The van der Waals surface area contributed by atoms with E-state index in [9.17, 15) is 15.0 Å². The Balaban J connectivity index is 0.000000412. The van der Waals surface area contributed by atoms with Crippen molar-refractivity contribution in [2.24, 2.45) is 0 Å². The maximum Gasteiger partial charge on any atom is 2.00 e. The van der Waals surface area contributed by atoms with E-state index in [1.807, 2.05) is 42.5 Å². The van der Waals surface area contributed by atoms with Crippen LogP contribution in [0.5, 0.6) is 11.5 Å². The summed E-state index contributed by atoms with van der Waals surface area (Å²) in [5.41, 5.74) is 1.25. The summed E-state index contributed by atoms with van der Waals surface area (Å²) in [5.74, 6) is 4.39. The van der Waals surface area contributed by atoms with E-state index in [1.165, 1.54) is 12.1 Å². The fourth-order valence-electron chi connectivity index (χ4n) is 1.84. The molecule has 24 heavy (non-hydrogen) atoms. The fraction of sp³-hybridized carbons (Fsp3) is 0.0500. The van der Waals surface area contributed by atoms with Gasteiger partial charge >= 0.3 is 17.1 Å². The van der Waals surface area contributed by atoms with E-state index in [-0.39, 0.29) is 34.1 Å². The molecule has 0 amide bonds. The molecule has 3 aromatic carbocycles. The molecule has 0 heterocycles. The van der Waals surface area contributed by atoms with Crippen LogP contribution in [0.2, 0.25) is 0 Å². The third-order valence-electron chi connectivity index (χ3n) is 3.10. The van der Waals surface area contributed by atoms with Gasteiger partial charge in [-0.25, -0.2) is 12.1 Å². The van der Waals surface area contributed by atoms with Gasteiger partial charge in [0.2, 0.25) is 5.78 Å². The molecule has 0 bridgehead atoms. The number of benzene rings is 1. The normalized spacial score (nSPS) is 8.88. The molecule has 3 aromatic rings. The van der Waals surface area contributed by atoms with Crippen LogP contribution in [0.1, 0.15) is 21.5 Å². The Hall–Kier alpha value is -2.73. The number of carbonyl (C=O) groups excluding carboxylic acids is 1. The number of aryl methyl sites for hydroxylation is 1. The summed E-state index contributed by atoms with van der Waals surface area (Å²) >= 11 is 0. The van der Waals surface area contributed by atoms with Gasteiger partial charge in [0.15, 0.2) is 0 Å². The topological polar surface area (TPSA) is 57.5 Å². The van der Waals surface area contributed by atoms with Gasteiger partial charge in [0.05, 0.1) is 5.56 Å². The molecule has 3 nitrogen and oxygen atoms in total. The molecule has 0 fully saturated rings. The zero-order valence-corrected chi connectivity index (χ0v) is 14.1.